The molecular weight excluding hydrogens is 264 g/mol. The van der Waals surface area contributed by atoms with Gasteiger partial charge in [-0.1, -0.05) is 0 Å². The minimum absolute atomic E-state index is 0.209. The second-order valence-electron chi connectivity index (χ2n) is 5.39. The largest absolute Gasteiger partial charge is 0.394 e. The van der Waals surface area contributed by atoms with Gasteiger partial charge in [-0.15, -0.1) is 0 Å². The van der Waals surface area contributed by atoms with E-state index in [1.54, 1.807) is 20.8 Å². The number of aryl methyl sites for hydroxylation is 1. The van der Waals surface area contributed by atoms with Gasteiger partial charge in [-0.3, -0.25) is 13.9 Å². The summed E-state index contributed by atoms with van der Waals surface area (Å²) in [4.78, 5) is 24.4. The van der Waals surface area contributed by atoms with Gasteiger partial charge < -0.3 is 14.9 Å². The summed E-state index contributed by atoms with van der Waals surface area (Å²) in [5.41, 5.74) is -0.353. The summed E-state index contributed by atoms with van der Waals surface area (Å²) in [6.45, 7) is 4.84. The lowest BCUT2D eigenvalue weighted by molar-refractivity contribution is -0.0464. The molecule has 0 spiro atoms. The first-order valence-electron chi connectivity index (χ1n) is 6.65. The molecule has 3 atom stereocenters. The molecule has 1 fully saturated rings. The molecule has 1 aliphatic rings. The highest BCUT2D eigenvalue weighted by atomic mass is 16.5. The second-order valence-corrected chi connectivity index (χ2v) is 5.39. The number of aliphatic hydroxyl groups excluding tert-OH is 2. The minimum Gasteiger partial charge on any atom is -0.394 e. The zero-order valence-corrected chi connectivity index (χ0v) is 11.8. The molecule has 0 amide bonds. The van der Waals surface area contributed by atoms with E-state index in [2.05, 4.69) is 0 Å². The molecule has 2 N–H and O–H groups in total. The third-order valence-electron chi connectivity index (χ3n) is 3.53. The molecule has 2 rings (SSSR count). The van der Waals surface area contributed by atoms with Gasteiger partial charge in [0.1, 0.15) is 12.3 Å². The van der Waals surface area contributed by atoms with Gasteiger partial charge in [0.25, 0.3) is 5.56 Å². The van der Waals surface area contributed by atoms with Crippen LogP contribution in [0.15, 0.2) is 15.8 Å². The fourth-order valence-electron chi connectivity index (χ4n) is 2.43. The maximum atomic E-state index is 12.4. The molecular formula is C13H20N2O5. The van der Waals surface area contributed by atoms with E-state index in [1.165, 1.54) is 10.8 Å². The van der Waals surface area contributed by atoms with Crippen molar-refractivity contribution in [1.29, 1.82) is 0 Å². The van der Waals surface area contributed by atoms with E-state index in [0.29, 0.717) is 5.56 Å². The van der Waals surface area contributed by atoms with Crippen molar-refractivity contribution in [3.63, 3.8) is 0 Å². The topological polar surface area (TPSA) is 93.7 Å². The number of aromatic nitrogens is 2. The van der Waals surface area contributed by atoms with Gasteiger partial charge in [0.2, 0.25) is 0 Å². The van der Waals surface area contributed by atoms with Crippen LogP contribution in [0.2, 0.25) is 0 Å². The Bertz CT molecular complexity index is 604. The quantitative estimate of drug-likeness (QED) is 0.783. The molecule has 0 unspecified atom stereocenters. The first kappa shape index (κ1) is 15.0. The summed E-state index contributed by atoms with van der Waals surface area (Å²) in [6.07, 6.45) is -0.538. The molecule has 1 aromatic rings. The van der Waals surface area contributed by atoms with Gasteiger partial charge in [0.15, 0.2) is 0 Å². The van der Waals surface area contributed by atoms with Gasteiger partial charge in [-0.25, -0.2) is 4.79 Å². The molecule has 0 saturated carbocycles. The zero-order valence-electron chi connectivity index (χ0n) is 11.8. The van der Waals surface area contributed by atoms with Gasteiger partial charge in [0.05, 0.1) is 12.7 Å². The average Bonchev–Trinajstić information content (AvgIpc) is 2.74. The Balaban J connectivity index is 2.49. The van der Waals surface area contributed by atoms with Crippen molar-refractivity contribution >= 4 is 0 Å². The summed E-state index contributed by atoms with van der Waals surface area (Å²) in [5, 5.41) is 18.8. The molecule has 0 aliphatic carbocycles. The Labute approximate surface area is 116 Å². The number of aliphatic hydroxyl groups is 2. The van der Waals surface area contributed by atoms with Gasteiger partial charge in [-0.2, -0.15) is 0 Å². The van der Waals surface area contributed by atoms with Gasteiger partial charge in [0, 0.05) is 24.2 Å². The lowest BCUT2D eigenvalue weighted by Gasteiger charge is -2.18. The molecule has 0 bridgehead atoms. The monoisotopic (exact) mass is 284 g/mol. The first-order valence-corrected chi connectivity index (χ1v) is 6.65. The number of hydrogen-bond acceptors (Lipinski definition) is 5. The Hall–Kier alpha value is -1.44. The molecule has 1 aliphatic heterocycles. The lowest BCUT2D eigenvalue weighted by Crippen LogP contribution is -2.43. The van der Waals surface area contributed by atoms with Crippen LogP contribution in [-0.2, 0) is 4.74 Å². The van der Waals surface area contributed by atoms with Crippen molar-refractivity contribution in [3.05, 3.63) is 32.6 Å². The van der Waals surface area contributed by atoms with Crippen molar-refractivity contribution in [3.8, 4) is 0 Å². The Morgan fingerprint density at radius 2 is 2.10 bits per heavy atom. The highest BCUT2D eigenvalue weighted by Gasteiger charge is 2.35. The van der Waals surface area contributed by atoms with E-state index >= 15 is 0 Å². The summed E-state index contributed by atoms with van der Waals surface area (Å²) >= 11 is 0. The summed E-state index contributed by atoms with van der Waals surface area (Å²) in [7, 11) is 0. The van der Waals surface area contributed by atoms with E-state index in [-0.39, 0.29) is 24.6 Å². The highest BCUT2D eigenvalue weighted by Crippen LogP contribution is 2.27. The number of hydrogen-bond donors (Lipinski definition) is 2. The number of nitrogens with zero attached hydrogens (tertiary/aromatic N) is 2. The standard InChI is InChI=1S/C13H20N2O5/c1-7(2)15-12(18)8(3)5-14(13(15)19)11-4-9(17)10(6-16)20-11/h5,7,9-11,16-17H,4,6H2,1-3H3/t9-,10+,11+/m0/s1. The predicted octanol–water partition coefficient (Wildman–Crippen LogP) is -0.460. The Morgan fingerprint density at radius 1 is 1.45 bits per heavy atom. The molecule has 7 heteroatoms. The zero-order chi connectivity index (χ0) is 15.0. The maximum Gasteiger partial charge on any atom is 0.333 e. The molecule has 20 heavy (non-hydrogen) atoms. The van der Waals surface area contributed by atoms with E-state index in [0.717, 1.165) is 4.57 Å². The summed E-state index contributed by atoms with van der Waals surface area (Å²) in [5.74, 6) is 0. The van der Waals surface area contributed by atoms with E-state index in [1.807, 2.05) is 0 Å². The predicted molar refractivity (Wildman–Crippen MR) is 71.7 cm³/mol. The maximum absolute atomic E-state index is 12.4. The van der Waals surface area contributed by atoms with Gasteiger partial charge >= 0.3 is 5.69 Å². The Morgan fingerprint density at radius 3 is 2.60 bits per heavy atom. The van der Waals surface area contributed by atoms with E-state index in [9.17, 15) is 14.7 Å². The Kier molecular flexibility index (Phi) is 4.12. The van der Waals surface area contributed by atoms with Crippen LogP contribution in [-0.4, -0.2) is 38.2 Å². The van der Waals surface area contributed by atoms with Crippen LogP contribution in [0.4, 0.5) is 0 Å². The van der Waals surface area contributed by atoms with Crippen molar-refractivity contribution < 1.29 is 14.9 Å². The van der Waals surface area contributed by atoms with E-state index in [4.69, 9.17) is 9.84 Å². The molecule has 112 valence electrons. The molecule has 7 nitrogen and oxygen atoms in total. The van der Waals surface area contributed by atoms with Crippen LogP contribution in [0.1, 0.15) is 38.1 Å². The van der Waals surface area contributed by atoms with Crippen LogP contribution >= 0.6 is 0 Å². The molecule has 0 aromatic carbocycles. The third-order valence-corrected chi connectivity index (χ3v) is 3.53. The van der Waals surface area contributed by atoms with E-state index < -0.39 is 24.1 Å². The van der Waals surface area contributed by atoms with Crippen molar-refractivity contribution in [2.75, 3.05) is 6.61 Å². The van der Waals surface area contributed by atoms with Crippen LogP contribution in [0.5, 0.6) is 0 Å². The SMILES string of the molecule is Cc1cn([C@H]2C[C@H](O)[C@@H](CO)O2)c(=O)n(C(C)C)c1=O. The van der Waals surface area contributed by atoms with Gasteiger partial charge in [-0.05, 0) is 20.8 Å². The fraction of sp³-hybridized carbons (Fsp3) is 0.692. The summed E-state index contributed by atoms with van der Waals surface area (Å²) in [6, 6.07) is -0.263. The molecule has 0 radical (unpaired) electrons. The first-order chi connectivity index (χ1) is 9.36. The molecule has 1 aromatic heterocycles. The van der Waals surface area contributed by atoms with Crippen LogP contribution in [0.3, 0.4) is 0 Å². The fourth-order valence-corrected chi connectivity index (χ4v) is 2.43. The lowest BCUT2D eigenvalue weighted by atomic mass is 10.2. The van der Waals surface area contributed by atoms with Crippen molar-refractivity contribution in [2.24, 2.45) is 0 Å². The smallest absolute Gasteiger partial charge is 0.333 e. The average molecular weight is 284 g/mol. The van der Waals surface area contributed by atoms with Crippen LogP contribution in [0.25, 0.3) is 0 Å². The molecule has 2 heterocycles. The molecule has 1 saturated heterocycles. The second kappa shape index (κ2) is 5.51. The normalized spacial score (nSPS) is 26.4. The van der Waals surface area contributed by atoms with Crippen molar-refractivity contribution in [1.82, 2.24) is 9.13 Å². The highest BCUT2D eigenvalue weighted by molar-refractivity contribution is 5.04. The number of ether oxygens (including phenoxy) is 1. The van der Waals surface area contributed by atoms with Crippen molar-refractivity contribution in [2.45, 2.75) is 51.7 Å². The van der Waals surface area contributed by atoms with Crippen LogP contribution < -0.4 is 11.2 Å². The summed E-state index contributed by atoms with van der Waals surface area (Å²) < 4.78 is 7.95. The van der Waals surface area contributed by atoms with Crippen LogP contribution in [0, 0.1) is 6.92 Å². The minimum atomic E-state index is -0.823. The third kappa shape index (κ3) is 2.44. The number of rotatable bonds is 3.